The first-order chi connectivity index (χ1) is 18.1. The summed E-state index contributed by atoms with van der Waals surface area (Å²) in [5.41, 5.74) is -0.865. The van der Waals surface area contributed by atoms with Gasteiger partial charge in [0.1, 0.15) is 12.4 Å². The number of rotatable bonds is 5. The van der Waals surface area contributed by atoms with E-state index in [1.807, 2.05) is 6.21 Å². The average Bonchev–Trinajstić information content (AvgIpc) is 3.42. The Morgan fingerprint density at radius 3 is 2.55 bits per heavy atom. The van der Waals surface area contributed by atoms with Gasteiger partial charge in [0, 0.05) is 36.1 Å². The highest BCUT2D eigenvalue weighted by Crippen LogP contribution is 2.70. The molecule has 5 aliphatic rings. The van der Waals surface area contributed by atoms with Gasteiger partial charge >= 0.3 is 5.97 Å². The number of aliphatic hydroxyl groups is 3. The maximum atomic E-state index is 13.3. The molecule has 7 heteroatoms. The van der Waals surface area contributed by atoms with Crippen molar-refractivity contribution in [2.45, 2.75) is 88.4 Å². The smallest absolute Gasteiger partial charge is 0.331 e. The number of benzene rings is 1. The number of cyclic esters (lactones) is 1. The first kappa shape index (κ1) is 26.1. The van der Waals surface area contributed by atoms with E-state index >= 15 is 0 Å². The third-order valence-corrected chi connectivity index (χ3v) is 11.4. The maximum Gasteiger partial charge on any atom is 0.331 e. The summed E-state index contributed by atoms with van der Waals surface area (Å²) in [7, 11) is 0. The minimum atomic E-state index is -1.05. The van der Waals surface area contributed by atoms with E-state index in [1.165, 1.54) is 12.1 Å². The second-order valence-electron chi connectivity index (χ2n) is 12.9. The van der Waals surface area contributed by atoms with E-state index in [1.54, 1.807) is 18.2 Å². The Morgan fingerprint density at radius 2 is 1.82 bits per heavy atom. The van der Waals surface area contributed by atoms with E-state index in [2.05, 4.69) is 6.92 Å². The quantitative estimate of drug-likeness (QED) is 0.396. The van der Waals surface area contributed by atoms with Gasteiger partial charge in [-0.05, 0) is 98.8 Å². The Morgan fingerprint density at radius 1 is 1.05 bits per heavy atom. The summed E-state index contributed by atoms with van der Waals surface area (Å²) in [4.78, 5) is 16.7. The first-order valence-corrected chi connectivity index (χ1v) is 14.4. The van der Waals surface area contributed by atoms with Crippen LogP contribution in [-0.2, 0) is 16.0 Å². The molecule has 0 bridgehead atoms. The van der Waals surface area contributed by atoms with Crippen LogP contribution in [0.15, 0.2) is 40.9 Å². The Labute approximate surface area is 224 Å². The summed E-state index contributed by atoms with van der Waals surface area (Å²) < 4.78 is 18.5. The molecule has 6 nitrogen and oxygen atoms in total. The van der Waals surface area contributed by atoms with Crippen LogP contribution in [0, 0.1) is 34.4 Å². The molecule has 1 aromatic carbocycles. The van der Waals surface area contributed by atoms with Crippen LogP contribution in [0.3, 0.4) is 0 Å². The lowest BCUT2D eigenvalue weighted by atomic mass is 9.41. The van der Waals surface area contributed by atoms with Crippen molar-refractivity contribution >= 4 is 12.2 Å². The molecule has 1 heterocycles. The number of fused-ring (bicyclic) bond motifs is 5. The van der Waals surface area contributed by atoms with Crippen LogP contribution >= 0.6 is 0 Å². The van der Waals surface area contributed by atoms with E-state index in [9.17, 15) is 24.5 Å². The van der Waals surface area contributed by atoms with Crippen molar-refractivity contribution in [3.05, 3.63) is 47.3 Å². The normalized spacial score (nSPS) is 44.3. The predicted molar refractivity (Wildman–Crippen MR) is 141 cm³/mol. The standard InChI is InChI=1S/C31H40FNO5/c1-28-11-7-25-26(31(28,37)14-9-24(28)21-16-27(35)38-18-21)8-13-30(36)17-23(34)6-12-29(25,30)19-33-15-10-20-2-4-22(32)5-3-20/h2-5,16,19,23-26,34,36-37H,6-15,17-18H2,1H3. The fraction of sp³-hybridized carbons (Fsp3) is 0.677. The molecule has 4 fully saturated rings. The number of aliphatic imine (C=N–C) groups is 1. The van der Waals surface area contributed by atoms with Crippen molar-refractivity contribution in [1.82, 2.24) is 0 Å². The molecule has 206 valence electrons. The number of carbonyl (C=O) groups excluding carboxylic acids is 1. The van der Waals surface area contributed by atoms with Gasteiger partial charge in [-0.25, -0.2) is 9.18 Å². The van der Waals surface area contributed by atoms with Gasteiger partial charge in [0.05, 0.1) is 17.3 Å². The SMILES string of the molecule is CC12CCC3C(CCC4(O)CC(O)CCC34C=NCCc3ccc(F)cc3)C1(O)CCC2C1=CC(=O)OC1. The highest BCUT2D eigenvalue weighted by Gasteiger charge is 2.71. The molecule has 1 aliphatic heterocycles. The molecular weight excluding hydrogens is 485 g/mol. The van der Waals surface area contributed by atoms with E-state index in [-0.39, 0.29) is 35.0 Å². The van der Waals surface area contributed by atoms with Crippen molar-refractivity contribution in [3.8, 4) is 0 Å². The van der Waals surface area contributed by atoms with Crippen molar-refractivity contribution in [3.63, 3.8) is 0 Å². The number of hydrogen-bond acceptors (Lipinski definition) is 6. The first-order valence-electron chi connectivity index (χ1n) is 14.4. The van der Waals surface area contributed by atoms with E-state index in [4.69, 9.17) is 9.73 Å². The highest BCUT2D eigenvalue weighted by molar-refractivity contribution is 5.85. The molecule has 1 aromatic rings. The molecule has 3 N–H and O–H groups in total. The fourth-order valence-electron chi connectivity index (χ4n) is 9.43. The molecule has 4 saturated carbocycles. The summed E-state index contributed by atoms with van der Waals surface area (Å²) in [5.74, 6) is -0.337. The molecular formula is C31H40FNO5. The number of carbonyl (C=O) groups is 1. The number of aliphatic hydroxyl groups excluding tert-OH is 1. The number of nitrogens with zero attached hydrogens (tertiary/aromatic N) is 1. The van der Waals surface area contributed by atoms with Crippen LogP contribution in [0.2, 0.25) is 0 Å². The second-order valence-corrected chi connectivity index (χ2v) is 12.9. The molecule has 0 aromatic heterocycles. The molecule has 8 atom stereocenters. The molecule has 6 rings (SSSR count). The second kappa shape index (κ2) is 9.24. The Balaban J connectivity index is 1.30. The summed E-state index contributed by atoms with van der Waals surface area (Å²) >= 11 is 0. The molecule has 8 unspecified atom stereocenters. The topological polar surface area (TPSA) is 99.4 Å². The van der Waals surface area contributed by atoms with Gasteiger partial charge in [0.2, 0.25) is 0 Å². The minimum Gasteiger partial charge on any atom is -0.458 e. The van der Waals surface area contributed by atoms with Crippen LogP contribution in [0.5, 0.6) is 0 Å². The van der Waals surface area contributed by atoms with Crippen LogP contribution in [0.25, 0.3) is 0 Å². The summed E-state index contributed by atoms with van der Waals surface area (Å²) in [6.45, 7) is 3.06. The van der Waals surface area contributed by atoms with Crippen LogP contribution < -0.4 is 0 Å². The number of halogens is 1. The fourth-order valence-corrected chi connectivity index (χ4v) is 9.43. The monoisotopic (exact) mass is 525 g/mol. The zero-order valence-corrected chi connectivity index (χ0v) is 22.2. The van der Waals surface area contributed by atoms with Gasteiger partial charge in [0.15, 0.2) is 0 Å². The summed E-state index contributed by atoms with van der Waals surface area (Å²) in [6, 6.07) is 6.48. The molecule has 4 aliphatic carbocycles. The summed E-state index contributed by atoms with van der Waals surface area (Å²) in [5, 5.41) is 35.1. The molecule has 0 amide bonds. The van der Waals surface area contributed by atoms with Gasteiger partial charge in [-0.3, -0.25) is 4.99 Å². The van der Waals surface area contributed by atoms with Crippen molar-refractivity contribution < 1.29 is 29.2 Å². The van der Waals surface area contributed by atoms with Crippen LogP contribution in [-0.4, -0.2) is 58.0 Å². The highest BCUT2D eigenvalue weighted by atomic mass is 19.1. The molecule has 0 radical (unpaired) electrons. The van der Waals surface area contributed by atoms with E-state index in [0.717, 1.165) is 30.4 Å². The largest absolute Gasteiger partial charge is 0.458 e. The zero-order chi connectivity index (χ0) is 26.8. The van der Waals surface area contributed by atoms with Gasteiger partial charge in [0.25, 0.3) is 0 Å². The summed E-state index contributed by atoms with van der Waals surface area (Å²) in [6.07, 6.45) is 9.80. The average molecular weight is 526 g/mol. The van der Waals surface area contributed by atoms with Gasteiger partial charge in [-0.15, -0.1) is 0 Å². The van der Waals surface area contributed by atoms with Gasteiger partial charge in [-0.1, -0.05) is 19.1 Å². The van der Waals surface area contributed by atoms with Crippen LogP contribution in [0.1, 0.15) is 70.3 Å². The number of ether oxygens (including phenoxy) is 1. The van der Waals surface area contributed by atoms with Crippen molar-refractivity contribution in [2.75, 3.05) is 13.2 Å². The minimum absolute atomic E-state index is 0.0175. The van der Waals surface area contributed by atoms with Crippen molar-refractivity contribution in [1.29, 1.82) is 0 Å². The lowest BCUT2D eigenvalue weighted by Crippen LogP contribution is -2.68. The third-order valence-electron chi connectivity index (χ3n) is 11.4. The Hall–Kier alpha value is -2.09. The zero-order valence-electron chi connectivity index (χ0n) is 22.2. The van der Waals surface area contributed by atoms with Gasteiger partial charge < -0.3 is 20.1 Å². The molecule has 38 heavy (non-hydrogen) atoms. The Kier molecular flexibility index (Phi) is 6.36. The number of esters is 1. The van der Waals surface area contributed by atoms with E-state index in [0.29, 0.717) is 58.1 Å². The number of hydrogen-bond donors (Lipinski definition) is 3. The van der Waals surface area contributed by atoms with Gasteiger partial charge in [-0.2, -0.15) is 0 Å². The third kappa shape index (κ3) is 3.83. The van der Waals surface area contributed by atoms with E-state index < -0.39 is 22.7 Å². The predicted octanol–water partition coefficient (Wildman–Crippen LogP) is 4.15. The van der Waals surface area contributed by atoms with Crippen molar-refractivity contribution in [2.24, 2.45) is 33.6 Å². The Bertz CT molecular complexity index is 1150. The van der Waals surface area contributed by atoms with Crippen LogP contribution in [0.4, 0.5) is 4.39 Å². The lowest BCUT2D eigenvalue weighted by molar-refractivity contribution is -0.237. The maximum absolute atomic E-state index is 13.3. The molecule has 0 saturated heterocycles. The lowest BCUT2D eigenvalue weighted by Gasteiger charge is -2.65. The molecule has 0 spiro atoms.